The maximum absolute atomic E-state index is 12.6. The van der Waals surface area contributed by atoms with Gasteiger partial charge in [-0.2, -0.15) is 0 Å². The van der Waals surface area contributed by atoms with Crippen LogP contribution in [0.1, 0.15) is 52.0 Å². The summed E-state index contributed by atoms with van der Waals surface area (Å²) in [7, 11) is 0. The number of esters is 2. The van der Waals surface area contributed by atoms with Crippen LogP contribution in [0.25, 0.3) is 6.08 Å². The molecule has 148 valence electrons. The average Bonchev–Trinajstić information content (AvgIpc) is 3.01. The zero-order chi connectivity index (χ0) is 19.9. The first-order valence-corrected chi connectivity index (χ1v) is 10.1. The molecule has 1 fully saturated rings. The molecule has 3 atom stereocenters. The third-order valence-electron chi connectivity index (χ3n) is 6.85. The summed E-state index contributed by atoms with van der Waals surface area (Å²) in [4.78, 5) is 25.1. The standard InChI is InChI=1S/C24H28O4/c1-23(2)12-7-13-24(3)20-17(15-27-22(20)26)14-18(21(23)24)28-19(25)11-10-16-8-5-4-6-9-16/h4-6,8-11,18,21H,7,12-15H2,1-3H3. The lowest BCUT2D eigenvalue weighted by Crippen LogP contribution is -2.53. The molecule has 28 heavy (non-hydrogen) atoms. The summed E-state index contributed by atoms with van der Waals surface area (Å²) in [6, 6.07) is 9.72. The molecule has 4 heteroatoms. The quantitative estimate of drug-likeness (QED) is 0.563. The number of ether oxygens (including phenoxy) is 2. The number of carbonyl (C=O) groups excluding carboxylic acids is 2. The Morgan fingerprint density at radius 1 is 1.18 bits per heavy atom. The Balaban J connectivity index is 1.61. The van der Waals surface area contributed by atoms with E-state index in [0.29, 0.717) is 13.0 Å². The van der Waals surface area contributed by atoms with Crippen molar-refractivity contribution in [3.63, 3.8) is 0 Å². The van der Waals surface area contributed by atoms with Crippen LogP contribution in [0.4, 0.5) is 0 Å². The number of hydrogen-bond acceptors (Lipinski definition) is 4. The van der Waals surface area contributed by atoms with E-state index in [2.05, 4.69) is 20.8 Å². The Morgan fingerprint density at radius 3 is 2.68 bits per heavy atom. The van der Waals surface area contributed by atoms with Crippen LogP contribution in [-0.4, -0.2) is 24.6 Å². The van der Waals surface area contributed by atoms with E-state index in [1.165, 1.54) is 6.08 Å². The average molecular weight is 380 g/mol. The van der Waals surface area contributed by atoms with Gasteiger partial charge in [0.15, 0.2) is 0 Å². The van der Waals surface area contributed by atoms with Gasteiger partial charge in [-0.25, -0.2) is 9.59 Å². The van der Waals surface area contributed by atoms with Gasteiger partial charge < -0.3 is 9.47 Å². The second kappa shape index (κ2) is 6.91. The predicted octanol–water partition coefficient (Wildman–Crippen LogP) is 4.70. The van der Waals surface area contributed by atoms with Gasteiger partial charge in [0.1, 0.15) is 12.7 Å². The van der Waals surface area contributed by atoms with E-state index in [1.54, 1.807) is 6.08 Å². The van der Waals surface area contributed by atoms with E-state index in [9.17, 15) is 9.59 Å². The van der Waals surface area contributed by atoms with Crippen molar-refractivity contribution >= 4 is 18.0 Å². The molecule has 0 saturated heterocycles. The van der Waals surface area contributed by atoms with Crippen LogP contribution in [0.2, 0.25) is 0 Å². The Kier molecular flexibility index (Phi) is 4.68. The summed E-state index contributed by atoms with van der Waals surface area (Å²) in [6.07, 6.45) is 6.71. The molecular weight excluding hydrogens is 352 g/mol. The highest BCUT2D eigenvalue weighted by Crippen LogP contribution is 2.61. The molecule has 2 aliphatic carbocycles. The molecule has 0 aromatic heterocycles. The van der Waals surface area contributed by atoms with Crippen LogP contribution in [0.5, 0.6) is 0 Å². The molecule has 1 heterocycles. The topological polar surface area (TPSA) is 52.6 Å². The SMILES string of the molecule is CC1(C)CCCC2(C)C3=C(COC3=O)CC(OC(=O)C=Cc3ccccc3)C12. The fraction of sp³-hybridized carbons (Fsp3) is 0.500. The molecule has 3 aliphatic rings. The molecule has 0 radical (unpaired) electrons. The summed E-state index contributed by atoms with van der Waals surface area (Å²) < 4.78 is 11.4. The van der Waals surface area contributed by atoms with E-state index in [0.717, 1.165) is 36.0 Å². The van der Waals surface area contributed by atoms with E-state index < -0.39 is 0 Å². The lowest BCUT2D eigenvalue weighted by Gasteiger charge is -2.55. The maximum Gasteiger partial charge on any atom is 0.334 e. The van der Waals surface area contributed by atoms with Gasteiger partial charge in [0, 0.05) is 29.4 Å². The van der Waals surface area contributed by atoms with Crippen molar-refractivity contribution in [2.24, 2.45) is 16.7 Å². The summed E-state index contributed by atoms with van der Waals surface area (Å²) in [5.74, 6) is -0.395. The Labute approximate surface area is 166 Å². The van der Waals surface area contributed by atoms with Crippen molar-refractivity contribution in [2.75, 3.05) is 6.61 Å². The van der Waals surface area contributed by atoms with Crippen molar-refractivity contribution in [1.29, 1.82) is 0 Å². The zero-order valence-electron chi connectivity index (χ0n) is 16.9. The maximum atomic E-state index is 12.6. The Bertz CT molecular complexity index is 849. The highest BCUT2D eigenvalue weighted by Gasteiger charge is 2.59. The monoisotopic (exact) mass is 380 g/mol. The number of benzene rings is 1. The van der Waals surface area contributed by atoms with Crippen molar-refractivity contribution in [1.82, 2.24) is 0 Å². The van der Waals surface area contributed by atoms with Crippen molar-refractivity contribution in [2.45, 2.75) is 52.6 Å². The minimum Gasteiger partial charge on any atom is -0.459 e. The molecule has 1 aliphatic heterocycles. The third kappa shape index (κ3) is 3.19. The molecule has 3 unspecified atom stereocenters. The van der Waals surface area contributed by atoms with Crippen LogP contribution in [0.3, 0.4) is 0 Å². The third-order valence-corrected chi connectivity index (χ3v) is 6.85. The van der Waals surface area contributed by atoms with Gasteiger partial charge in [0.2, 0.25) is 0 Å². The first-order valence-electron chi connectivity index (χ1n) is 10.1. The molecule has 0 bridgehead atoms. The van der Waals surface area contributed by atoms with E-state index in [-0.39, 0.29) is 34.8 Å². The summed E-state index contributed by atoms with van der Waals surface area (Å²) in [5, 5.41) is 0. The number of hydrogen-bond donors (Lipinski definition) is 0. The second-order valence-corrected chi connectivity index (χ2v) is 9.22. The van der Waals surface area contributed by atoms with Crippen LogP contribution >= 0.6 is 0 Å². The van der Waals surface area contributed by atoms with Crippen molar-refractivity contribution in [3.05, 3.63) is 53.1 Å². The largest absolute Gasteiger partial charge is 0.459 e. The minimum atomic E-state index is -0.327. The second-order valence-electron chi connectivity index (χ2n) is 9.22. The lowest BCUT2D eigenvalue weighted by atomic mass is 9.49. The van der Waals surface area contributed by atoms with Crippen molar-refractivity contribution < 1.29 is 19.1 Å². The first kappa shape index (κ1) is 19.0. The molecular formula is C24H28O4. The summed E-state index contributed by atoms with van der Waals surface area (Å²) in [6.45, 7) is 6.98. The normalized spacial score (nSPS) is 31.3. The number of carbonyl (C=O) groups is 2. The molecule has 0 amide bonds. The highest BCUT2D eigenvalue weighted by molar-refractivity contribution is 5.94. The van der Waals surface area contributed by atoms with Gasteiger partial charge in [-0.1, -0.05) is 57.5 Å². The van der Waals surface area contributed by atoms with Gasteiger partial charge in [-0.15, -0.1) is 0 Å². The van der Waals surface area contributed by atoms with E-state index >= 15 is 0 Å². The van der Waals surface area contributed by atoms with Gasteiger partial charge >= 0.3 is 11.9 Å². The van der Waals surface area contributed by atoms with Gasteiger partial charge in [0.05, 0.1) is 0 Å². The zero-order valence-corrected chi connectivity index (χ0v) is 16.9. The van der Waals surface area contributed by atoms with Gasteiger partial charge in [-0.05, 0) is 35.5 Å². The van der Waals surface area contributed by atoms with E-state index in [4.69, 9.17) is 9.47 Å². The van der Waals surface area contributed by atoms with Crippen LogP contribution in [0.15, 0.2) is 47.6 Å². The molecule has 1 saturated carbocycles. The smallest absolute Gasteiger partial charge is 0.334 e. The predicted molar refractivity (Wildman–Crippen MR) is 107 cm³/mol. The molecule has 1 aromatic rings. The van der Waals surface area contributed by atoms with Gasteiger partial charge in [-0.3, -0.25) is 0 Å². The summed E-state index contributed by atoms with van der Waals surface area (Å²) >= 11 is 0. The van der Waals surface area contributed by atoms with Crippen LogP contribution < -0.4 is 0 Å². The fourth-order valence-corrected chi connectivity index (χ4v) is 5.91. The highest BCUT2D eigenvalue weighted by atomic mass is 16.5. The minimum absolute atomic E-state index is 0.0114. The summed E-state index contributed by atoms with van der Waals surface area (Å²) in [5.41, 5.74) is 2.54. The first-order chi connectivity index (χ1) is 13.3. The van der Waals surface area contributed by atoms with Crippen LogP contribution in [0, 0.1) is 16.7 Å². The molecule has 0 N–H and O–H groups in total. The molecule has 1 aromatic carbocycles. The van der Waals surface area contributed by atoms with Gasteiger partial charge in [0.25, 0.3) is 0 Å². The van der Waals surface area contributed by atoms with Crippen molar-refractivity contribution in [3.8, 4) is 0 Å². The van der Waals surface area contributed by atoms with E-state index in [1.807, 2.05) is 30.3 Å². The number of cyclic esters (lactones) is 1. The molecule has 0 spiro atoms. The number of rotatable bonds is 3. The Morgan fingerprint density at radius 2 is 1.93 bits per heavy atom. The fourth-order valence-electron chi connectivity index (χ4n) is 5.91. The molecule has 4 rings (SSSR count). The molecule has 4 nitrogen and oxygen atoms in total. The Hall–Kier alpha value is -2.36. The van der Waals surface area contributed by atoms with Crippen LogP contribution in [-0.2, 0) is 19.1 Å². The lowest BCUT2D eigenvalue weighted by molar-refractivity contribution is -0.157. The number of fused-ring (bicyclic) bond motifs is 2.